The number of nitrogens with zero attached hydrogens (tertiary/aromatic N) is 8. The molecule has 4 aromatic rings. The SMILES string of the molecule is Cn1cc(-c2cncc(N3CCN(c4nc5cnccc5s4)CC3)n2)cn1. The maximum absolute atomic E-state index is 4.78. The van der Waals surface area contributed by atoms with Gasteiger partial charge in [-0.25, -0.2) is 9.97 Å². The molecule has 5 rings (SSSR count). The average molecular weight is 378 g/mol. The molecule has 1 saturated heterocycles. The lowest BCUT2D eigenvalue weighted by atomic mass is 10.2. The zero-order valence-electron chi connectivity index (χ0n) is 14.9. The van der Waals surface area contributed by atoms with Crippen molar-refractivity contribution in [2.24, 2.45) is 7.05 Å². The van der Waals surface area contributed by atoms with Crippen molar-refractivity contribution >= 4 is 32.5 Å². The molecule has 5 heterocycles. The highest BCUT2D eigenvalue weighted by atomic mass is 32.1. The fourth-order valence-electron chi connectivity index (χ4n) is 3.23. The minimum absolute atomic E-state index is 0.849. The van der Waals surface area contributed by atoms with E-state index in [1.807, 2.05) is 44.1 Å². The van der Waals surface area contributed by atoms with Gasteiger partial charge in [0.25, 0.3) is 0 Å². The van der Waals surface area contributed by atoms with E-state index in [4.69, 9.17) is 9.97 Å². The molecule has 0 N–H and O–H groups in total. The highest BCUT2D eigenvalue weighted by Crippen LogP contribution is 2.29. The molecule has 1 aliphatic rings. The van der Waals surface area contributed by atoms with Crippen LogP contribution in [0.15, 0.2) is 43.2 Å². The van der Waals surface area contributed by atoms with Crippen LogP contribution in [0.2, 0.25) is 0 Å². The fourth-order valence-corrected chi connectivity index (χ4v) is 4.21. The van der Waals surface area contributed by atoms with E-state index >= 15 is 0 Å². The van der Waals surface area contributed by atoms with Crippen molar-refractivity contribution in [3.63, 3.8) is 0 Å². The molecule has 1 aliphatic heterocycles. The molecule has 136 valence electrons. The van der Waals surface area contributed by atoms with Crippen LogP contribution < -0.4 is 9.80 Å². The van der Waals surface area contributed by atoms with Crippen molar-refractivity contribution in [2.75, 3.05) is 36.0 Å². The van der Waals surface area contributed by atoms with E-state index < -0.39 is 0 Å². The van der Waals surface area contributed by atoms with E-state index in [0.717, 1.165) is 53.9 Å². The monoisotopic (exact) mass is 378 g/mol. The zero-order chi connectivity index (χ0) is 18.2. The van der Waals surface area contributed by atoms with Crippen molar-refractivity contribution < 1.29 is 0 Å². The number of aryl methyl sites for hydroxylation is 1. The summed E-state index contributed by atoms with van der Waals surface area (Å²) in [7, 11) is 1.90. The number of fused-ring (bicyclic) bond motifs is 1. The number of thiazole rings is 1. The van der Waals surface area contributed by atoms with Crippen LogP contribution in [0.3, 0.4) is 0 Å². The quantitative estimate of drug-likeness (QED) is 0.541. The molecule has 0 saturated carbocycles. The summed E-state index contributed by atoms with van der Waals surface area (Å²) in [6.45, 7) is 3.59. The Morgan fingerprint density at radius 2 is 1.78 bits per heavy atom. The predicted octanol–water partition coefficient (Wildman–Crippen LogP) is 2.21. The number of anilines is 2. The molecule has 27 heavy (non-hydrogen) atoms. The Bertz CT molecular complexity index is 1050. The Morgan fingerprint density at radius 1 is 0.926 bits per heavy atom. The van der Waals surface area contributed by atoms with Crippen molar-refractivity contribution in [3.8, 4) is 11.3 Å². The summed E-state index contributed by atoms with van der Waals surface area (Å²) < 4.78 is 2.95. The van der Waals surface area contributed by atoms with Crippen LogP contribution in [0, 0.1) is 0 Å². The molecule has 8 nitrogen and oxygen atoms in total. The van der Waals surface area contributed by atoms with E-state index in [9.17, 15) is 0 Å². The van der Waals surface area contributed by atoms with Gasteiger partial charge in [0.05, 0.1) is 35.2 Å². The van der Waals surface area contributed by atoms with Crippen LogP contribution >= 0.6 is 11.3 Å². The first-order chi connectivity index (χ1) is 13.3. The number of rotatable bonds is 3. The Labute approximate surface area is 160 Å². The summed E-state index contributed by atoms with van der Waals surface area (Å²) in [5.41, 5.74) is 2.80. The van der Waals surface area contributed by atoms with Gasteiger partial charge in [0.15, 0.2) is 5.13 Å². The topological polar surface area (TPSA) is 75.9 Å². The Morgan fingerprint density at radius 3 is 2.56 bits per heavy atom. The number of pyridine rings is 1. The molecule has 0 bridgehead atoms. The molecule has 0 aromatic carbocycles. The van der Waals surface area contributed by atoms with Gasteiger partial charge in [0, 0.05) is 51.2 Å². The first kappa shape index (κ1) is 16.1. The van der Waals surface area contributed by atoms with Crippen LogP contribution in [0.25, 0.3) is 21.5 Å². The first-order valence-corrected chi connectivity index (χ1v) is 9.59. The lowest BCUT2D eigenvalue weighted by molar-refractivity contribution is 0.645. The minimum Gasteiger partial charge on any atom is -0.352 e. The van der Waals surface area contributed by atoms with Crippen LogP contribution in [-0.2, 0) is 7.05 Å². The molecule has 0 unspecified atom stereocenters. The van der Waals surface area contributed by atoms with E-state index in [1.54, 1.807) is 22.2 Å². The maximum atomic E-state index is 4.78. The average Bonchev–Trinajstić information content (AvgIpc) is 3.34. The zero-order valence-corrected chi connectivity index (χ0v) is 15.7. The molecule has 1 fully saturated rings. The number of aromatic nitrogens is 6. The van der Waals surface area contributed by atoms with Crippen LogP contribution in [0.4, 0.5) is 10.9 Å². The molecular formula is C18H18N8S. The van der Waals surface area contributed by atoms with Crippen LogP contribution in [-0.4, -0.2) is 55.9 Å². The molecular weight excluding hydrogens is 360 g/mol. The van der Waals surface area contributed by atoms with Crippen LogP contribution in [0.5, 0.6) is 0 Å². The highest BCUT2D eigenvalue weighted by molar-refractivity contribution is 7.22. The molecule has 0 aliphatic carbocycles. The van der Waals surface area contributed by atoms with Crippen molar-refractivity contribution in [1.29, 1.82) is 0 Å². The lowest BCUT2D eigenvalue weighted by Crippen LogP contribution is -2.46. The number of piperazine rings is 1. The summed E-state index contributed by atoms with van der Waals surface area (Å²) in [4.78, 5) is 22.6. The van der Waals surface area contributed by atoms with Crippen molar-refractivity contribution in [1.82, 2.24) is 29.7 Å². The number of hydrogen-bond donors (Lipinski definition) is 0. The lowest BCUT2D eigenvalue weighted by Gasteiger charge is -2.35. The summed E-state index contributed by atoms with van der Waals surface area (Å²) >= 11 is 1.72. The largest absolute Gasteiger partial charge is 0.352 e. The molecule has 9 heteroatoms. The Kier molecular flexibility index (Phi) is 3.93. The Hall–Kier alpha value is -3.07. The predicted molar refractivity (Wildman–Crippen MR) is 106 cm³/mol. The van der Waals surface area contributed by atoms with E-state index in [0.29, 0.717) is 0 Å². The van der Waals surface area contributed by atoms with Gasteiger partial charge in [-0.15, -0.1) is 0 Å². The van der Waals surface area contributed by atoms with Gasteiger partial charge >= 0.3 is 0 Å². The normalized spacial score (nSPS) is 14.9. The second kappa shape index (κ2) is 6.58. The van der Waals surface area contributed by atoms with Gasteiger partial charge in [-0.2, -0.15) is 5.10 Å². The van der Waals surface area contributed by atoms with Crippen molar-refractivity contribution in [3.05, 3.63) is 43.2 Å². The van der Waals surface area contributed by atoms with Gasteiger partial charge in [-0.05, 0) is 6.07 Å². The summed E-state index contributed by atoms with van der Waals surface area (Å²) in [5.74, 6) is 0.907. The Balaban J connectivity index is 1.31. The number of hydrogen-bond acceptors (Lipinski definition) is 8. The smallest absolute Gasteiger partial charge is 0.186 e. The second-order valence-electron chi connectivity index (χ2n) is 6.48. The van der Waals surface area contributed by atoms with Gasteiger partial charge in [-0.3, -0.25) is 14.6 Å². The highest BCUT2D eigenvalue weighted by Gasteiger charge is 2.21. The molecule has 0 amide bonds. The minimum atomic E-state index is 0.849. The van der Waals surface area contributed by atoms with Crippen LogP contribution in [0.1, 0.15) is 0 Å². The van der Waals surface area contributed by atoms with Gasteiger partial charge < -0.3 is 9.80 Å². The summed E-state index contributed by atoms with van der Waals surface area (Å²) in [6.07, 6.45) is 11.0. The third-order valence-corrected chi connectivity index (χ3v) is 5.77. The van der Waals surface area contributed by atoms with Crippen molar-refractivity contribution in [2.45, 2.75) is 0 Å². The third-order valence-electron chi connectivity index (χ3n) is 4.68. The fraction of sp³-hybridized carbons (Fsp3) is 0.278. The second-order valence-corrected chi connectivity index (χ2v) is 7.49. The van der Waals surface area contributed by atoms with Gasteiger partial charge in [0.1, 0.15) is 11.3 Å². The maximum Gasteiger partial charge on any atom is 0.186 e. The molecule has 0 radical (unpaired) electrons. The van der Waals surface area contributed by atoms with Gasteiger partial charge in [0.2, 0.25) is 0 Å². The molecule has 0 spiro atoms. The van der Waals surface area contributed by atoms with Gasteiger partial charge in [-0.1, -0.05) is 11.3 Å². The standard InChI is InChI=1S/C18H18N8S/c1-24-12-13(8-21-24)14-9-20-11-17(22-14)25-4-6-26(7-5-25)18-23-15-10-19-3-2-16(15)27-18/h2-3,8-12H,4-7H2,1H3. The van der Waals surface area contributed by atoms with E-state index in [2.05, 4.69) is 24.9 Å². The van der Waals surface area contributed by atoms with E-state index in [1.165, 1.54) is 4.70 Å². The summed E-state index contributed by atoms with van der Waals surface area (Å²) in [6, 6.07) is 2.02. The summed E-state index contributed by atoms with van der Waals surface area (Å²) in [5, 5.41) is 5.28. The molecule has 0 atom stereocenters. The van der Waals surface area contributed by atoms with E-state index in [-0.39, 0.29) is 0 Å². The third kappa shape index (κ3) is 3.10. The first-order valence-electron chi connectivity index (χ1n) is 8.78. The molecule has 4 aromatic heterocycles.